The number of hydroxylamine groups is 1. The molecule has 3 atom stereocenters. The maximum Gasteiger partial charge on any atom is 0.271 e. The van der Waals surface area contributed by atoms with Crippen LogP contribution in [0.2, 0.25) is 0 Å². The maximum absolute atomic E-state index is 13.9. The smallest absolute Gasteiger partial charge is 0.271 e. The number of nitro groups is 1. The van der Waals surface area contributed by atoms with E-state index >= 15 is 0 Å². The minimum absolute atomic E-state index is 0.106. The minimum Gasteiger partial charge on any atom is -0.273 e. The number of nitrogens with zero attached hydrogens (tertiary/aromatic N) is 3. The summed E-state index contributed by atoms with van der Waals surface area (Å²) in [7, 11) is 0. The first-order valence-electron chi connectivity index (χ1n) is 11.2. The van der Waals surface area contributed by atoms with E-state index in [-0.39, 0.29) is 11.6 Å². The van der Waals surface area contributed by atoms with Crippen LogP contribution in [-0.4, -0.2) is 22.8 Å². The maximum atomic E-state index is 13.9. The van der Waals surface area contributed by atoms with Crippen LogP contribution in [0.15, 0.2) is 97.1 Å². The Morgan fingerprint density at radius 1 is 0.800 bits per heavy atom. The average molecular weight is 465 g/mol. The van der Waals surface area contributed by atoms with Gasteiger partial charge in [0, 0.05) is 17.5 Å². The summed E-state index contributed by atoms with van der Waals surface area (Å²) in [6.07, 6.45) is -1.05. The van der Waals surface area contributed by atoms with E-state index in [1.165, 1.54) is 22.1 Å². The van der Waals surface area contributed by atoms with Crippen LogP contribution in [0.1, 0.15) is 11.6 Å². The van der Waals surface area contributed by atoms with Gasteiger partial charge in [0.15, 0.2) is 6.10 Å². The Bertz CT molecular complexity index is 1480. The molecule has 2 amide bonds. The highest BCUT2D eigenvalue weighted by atomic mass is 16.7. The summed E-state index contributed by atoms with van der Waals surface area (Å²) < 4.78 is 0. The van der Waals surface area contributed by atoms with E-state index in [0.717, 1.165) is 16.3 Å². The Kier molecular flexibility index (Phi) is 4.82. The van der Waals surface area contributed by atoms with Crippen molar-refractivity contribution in [1.82, 2.24) is 0 Å². The fraction of sp³-hybridized carbons (Fsp3) is 0.111. The number of carbonyl (C=O) groups excluding carboxylic acids is 2. The number of imide groups is 1. The monoisotopic (exact) mass is 465 g/mol. The van der Waals surface area contributed by atoms with Gasteiger partial charge in [-0.1, -0.05) is 72.8 Å². The molecule has 2 heterocycles. The summed E-state index contributed by atoms with van der Waals surface area (Å²) in [5.74, 6) is -1.63. The van der Waals surface area contributed by atoms with Gasteiger partial charge in [-0.2, -0.15) is 0 Å². The van der Waals surface area contributed by atoms with Gasteiger partial charge in [-0.25, -0.2) is 9.96 Å². The zero-order valence-corrected chi connectivity index (χ0v) is 18.4. The minimum atomic E-state index is -1.05. The lowest BCUT2D eigenvalue weighted by molar-refractivity contribution is -0.384. The number of fused-ring (bicyclic) bond motifs is 2. The fourth-order valence-electron chi connectivity index (χ4n) is 5.01. The van der Waals surface area contributed by atoms with E-state index in [0.29, 0.717) is 11.4 Å². The van der Waals surface area contributed by atoms with Crippen molar-refractivity contribution >= 4 is 39.6 Å². The van der Waals surface area contributed by atoms with Crippen LogP contribution >= 0.6 is 0 Å². The number of hydrogen-bond donors (Lipinski definition) is 0. The van der Waals surface area contributed by atoms with Gasteiger partial charge >= 0.3 is 0 Å². The zero-order chi connectivity index (χ0) is 24.1. The number of carbonyl (C=O) groups is 2. The van der Waals surface area contributed by atoms with Gasteiger partial charge in [-0.05, 0) is 23.1 Å². The van der Waals surface area contributed by atoms with Crippen LogP contribution in [0.4, 0.5) is 17.1 Å². The molecule has 4 aromatic rings. The first-order chi connectivity index (χ1) is 17.0. The summed E-state index contributed by atoms with van der Waals surface area (Å²) in [4.78, 5) is 45.7. The quantitative estimate of drug-likeness (QED) is 0.244. The van der Waals surface area contributed by atoms with Crippen molar-refractivity contribution in [1.29, 1.82) is 0 Å². The molecule has 0 spiro atoms. The summed E-state index contributed by atoms with van der Waals surface area (Å²) in [5, 5.41) is 14.5. The summed E-state index contributed by atoms with van der Waals surface area (Å²) in [6.45, 7) is 0. The molecule has 2 aliphatic heterocycles. The molecule has 0 N–H and O–H groups in total. The van der Waals surface area contributed by atoms with Crippen molar-refractivity contribution in [3.05, 3.63) is 113 Å². The number of benzene rings is 4. The highest BCUT2D eigenvalue weighted by Gasteiger charge is 2.60. The van der Waals surface area contributed by atoms with Crippen LogP contribution < -0.4 is 9.96 Å². The van der Waals surface area contributed by atoms with Crippen LogP contribution in [0.3, 0.4) is 0 Å². The summed E-state index contributed by atoms with van der Waals surface area (Å²) in [5.41, 5.74) is 1.59. The number of nitro benzene ring substituents is 1. The predicted molar refractivity (Wildman–Crippen MR) is 130 cm³/mol. The van der Waals surface area contributed by atoms with Crippen LogP contribution in [0, 0.1) is 16.0 Å². The van der Waals surface area contributed by atoms with Crippen molar-refractivity contribution in [3.8, 4) is 0 Å². The SMILES string of the molecule is O=C1[C@H]2[C@@H](ON(c3cccc([N+](=O)[O-])c3)[C@H]2c2ccccc2)C(=O)N1c1cccc2ccccc12. The molecule has 8 nitrogen and oxygen atoms in total. The van der Waals surface area contributed by atoms with Crippen molar-refractivity contribution in [2.75, 3.05) is 9.96 Å². The van der Waals surface area contributed by atoms with Crippen molar-refractivity contribution in [3.63, 3.8) is 0 Å². The van der Waals surface area contributed by atoms with Gasteiger partial charge in [0.25, 0.3) is 11.6 Å². The molecule has 0 aromatic heterocycles. The van der Waals surface area contributed by atoms with E-state index in [1.54, 1.807) is 18.2 Å². The lowest BCUT2D eigenvalue weighted by atomic mass is 9.90. The van der Waals surface area contributed by atoms with Gasteiger partial charge in [-0.3, -0.25) is 24.5 Å². The van der Waals surface area contributed by atoms with Gasteiger partial charge in [0.1, 0.15) is 5.92 Å². The Hall–Kier alpha value is -4.56. The number of hydrogen-bond acceptors (Lipinski definition) is 6. The van der Waals surface area contributed by atoms with Crippen LogP contribution in [0.25, 0.3) is 10.8 Å². The Balaban J connectivity index is 1.46. The molecule has 0 bridgehead atoms. The molecule has 0 aliphatic carbocycles. The third-order valence-electron chi connectivity index (χ3n) is 6.56. The molecule has 0 unspecified atom stereocenters. The standard InChI is InChI=1S/C27H19N3O5/c31-26-23-24(18-9-2-1-3-10-18)29(19-12-7-13-20(16-19)30(33)34)35-25(23)27(32)28(26)22-15-6-11-17-8-4-5-14-21(17)22/h1-16,23-25H/t23-,24+,25-/m1/s1. The second-order valence-corrected chi connectivity index (χ2v) is 8.52. The molecule has 2 fully saturated rings. The predicted octanol–water partition coefficient (Wildman–Crippen LogP) is 4.80. The summed E-state index contributed by atoms with van der Waals surface area (Å²) in [6, 6.07) is 27.7. The largest absolute Gasteiger partial charge is 0.273 e. The van der Waals surface area contributed by atoms with E-state index in [2.05, 4.69) is 0 Å². The molecule has 0 radical (unpaired) electrons. The molecule has 35 heavy (non-hydrogen) atoms. The van der Waals surface area contributed by atoms with Crippen LogP contribution in [-0.2, 0) is 14.4 Å². The average Bonchev–Trinajstić information content (AvgIpc) is 3.40. The number of anilines is 2. The highest BCUT2D eigenvalue weighted by molar-refractivity contribution is 6.26. The molecular weight excluding hydrogens is 446 g/mol. The molecule has 8 heteroatoms. The Morgan fingerprint density at radius 3 is 2.31 bits per heavy atom. The molecular formula is C27H19N3O5. The lowest BCUT2D eigenvalue weighted by Crippen LogP contribution is -2.37. The highest BCUT2D eigenvalue weighted by Crippen LogP contribution is 2.48. The first-order valence-corrected chi connectivity index (χ1v) is 11.2. The molecule has 0 saturated carbocycles. The lowest BCUT2D eigenvalue weighted by Gasteiger charge is -2.28. The van der Waals surface area contributed by atoms with Crippen molar-refractivity contribution in [2.24, 2.45) is 5.92 Å². The third-order valence-corrected chi connectivity index (χ3v) is 6.56. The second-order valence-electron chi connectivity index (χ2n) is 8.52. The van der Waals surface area contributed by atoms with Gasteiger partial charge in [0.05, 0.1) is 22.3 Å². The Morgan fingerprint density at radius 2 is 1.51 bits per heavy atom. The van der Waals surface area contributed by atoms with Gasteiger partial charge in [0.2, 0.25) is 5.91 Å². The van der Waals surface area contributed by atoms with Crippen molar-refractivity contribution < 1.29 is 19.3 Å². The van der Waals surface area contributed by atoms with E-state index in [9.17, 15) is 19.7 Å². The number of amides is 2. The summed E-state index contributed by atoms with van der Waals surface area (Å²) >= 11 is 0. The Labute approximate surface area is 200 Å². The third kappa shape index (κ3) is 3.26. The van der Waals surface area contributed by atoms with E-state index in [1.807, 2.05) is 66.7 Å². The van der Waals surface area contributed by atoms with Crippen LogP contribution in [0.5, 0.6) is 0 Å². The molecule has 2 aliphatic rings. The molecule has 4 aromatic carbocycles. The van der Waals surface area contributed by atoms with E-state index < -0.39 is 28.9 Å². The van der Waals surface area contributed by atoms with Gasteiger partial charge < -0.3 is 0 Å². The molecule has 2 saturated heterocycles. The number of non-ortho nitro benzene ring substituents is 1. The fourth-order valence-corrected chi connectivity index (χ4v) is 5.01. The van der Waals surface area contributed by atoms with Crippen molar-refractivity contribution in [2.45, 2.75) is 12.1 Å². The second kappa shape index (κ2) is 8.03. The number of rotatable bonds is 4. The normalized spacial score (nSPS) is 21.5. The first kappa shape index (κ1) is 21.0. The van der Waals surface area contributed by atoms with Gasteiger partial charge in [-0.15, -0.1) is 0 Å². The zero-order valence-electron chi connectivity index (χ0n) is 18.4. The molecule has 6 rings (SSSR count). The molecule has 172 valence electrons. The van der Waals surface area contributed by atoms with E-state index in [4.69, 9.17) is 4.84 Å². The topological polar surface area (TPSA) is 93.0 Å².